The van der Waals surface area contributed by atoms with E-state index < -0.39 is 6.10 Å². The molecule has 1 N–H and O–H groups in total. The number of aryl methyl sites for hydroxylation is 1. The summed E-state index contributed by atoms with van der Waals surface area (Å²) in [5, 5.41) is 10.6. The highest BCUT2D eigenvalue weighted by Crippen LogP contribution is 2.33. The quantitative estimate of drug-likeness (QED) is 0.920. The van der Waals surface area contributed by atoms with E-state index in [0.29, 0.717) is 0 Å². The van der Waals surface area contributed by atoms with Gasteiger partial charge in [0.2, 0.25) is 0 Å². The number of thiazole rings is 1. The van der Waals surface area contributed by atoms with Crippen LogP contribution in [0.2, 0.25) is 0 Å². The summed E-state index contributed by atoms with van der Waals surface area (Å²) in [7, 11) is 1.68. The number of hydrogen-bond acceptors (Lipinski definition) is 4. The van der Waals surface area contributed by atoms with Gasteiger partial charge in [0.15, 0.2) is 0 Å². The van der Waals surface area contributed by atoms with Crippen LogP contribution in [0.3, 0.4) is 0 Å². The topological polar surface area (TPSA) is 42.4 Å². The number of aliphatic hydroxyl groups is 1. The maximum atomic E-state index is 9.67. The average Bonchev–Trinajstić information content (AvgIpc) is 2.74. The Balaban J connectivity index is 2.37. The number of aromatic nitrogens is 1. The summed E-state index contributed by atoms with van der Waals surface area (Å²) in [6.07, 6.45) is -0.646. The minimum absolute atomic E-state index is 0.164. The smallest absolute Gasteiger partial charge is 0.134 e. The summed E-state index contributed by atoms with van der Waals surface area (Å²) in [6.45, 7) is 3.67. The van der Waals surface area contributed by atoms with Gasteiger partial charge in [0.25, 0.3) is 0 Å². The van der Waals surface area contributed by atoms with Crippen molar-refractivity contribution in [3.8, 4) is 0 Å². The highest BCUT2D eigenvalue weighted by Gasteiger charge is 2.20. The molecule has 3 nitrogen and oxygen atoms in total. The molecule has 0 bridgehead atoms. The Morgan fingerprint density at radius 3 is 2.44 bits per heavy atom. The monoisotopic (exact) mass is 263 g/mol. The third-order valence-electron chi connectivity index (χ3n) is 2.79. The Morgan fingerprint density at radius 1 is 1.28 bits per heavy atom. The molecule has 0 saturated carbocycles. The fourth-order valence-corrected chi connectivity index (χ4v) is 3.05. The van der Waals surface area contributed by atoms with Crippen LogP contribution in [0.5, 0.6) is 0 Å². The lowest BCUT2D eigenvalue weighted by Gasteiger charge is -2.12. The molecule has 0 saturated heterocycles. The molecular formula is C14H17NO2S. The molecule has 18 heavy (non-hydrogen) atoms. The third kappa shape index (κ3) is 2.61. The first-order valence-corrected chi connectivity index (χ1v) is 6.68. The van der Waals surface area contributed by atoms with Crippen molar-refractivity contribution in [1.29, 1.82) is 0 Å². The van der Waals surface area contributed by atoms with E-state index in [9.17, 15) is 5.11 Å². The van der Waals surface area contributed by atoms with Gasteiger partial charge in [0.05, 0.1) is 16.7 Å². The van der Waals surface area contributed by atoms with Gasteiger partial charge in [0, 0.05) is 7.11 Å². The average molecular weight is 263 g/mol. The van der Waals surface area contributed by atoms with Crippen LogP contribution in [0.1, 0.15) is 40.3 Å². The summed E-state index contributed by atoms with van der Waals surface area (Å²) in [6, 6.07) is 9.99. The Bertz CT molecular complexity index is 508. The fraction of sp³-hybridized carbons (Fsp3) is 0.357. The zero-order valence-electron chi connectivity index (χ0n) is 10.8. The summed E-state index contributed by atoms with van der Waals surface area (Å²) in [5.74, 6) is 0. The van der Waals surface area contributed by atoms with Gasteiger partial charge in [-0.3, -0.25) is 0 Å². The van der Waals surface area contributed by atoms with Gasteiger partial charge >= 0.3 is 0 Å². The molecule has 96 valence electrons. The highest BCUT2D eigenvalue weighted by atomic mass is 32.1. The van der Waals surface area contributed by atoms with Crippen molar-refractivity contribution in [2.24, 2.45) is 0 Å². The molecule has 2 rings (SSSR count). The zero-order valence-corrected chi connectivity index (χ0v) is 11.6. The first kappa shape index (κ1) is 13.2. The molecule has 1 aromatic heterocycles. The molecule has 0 aliphatic rings. The van der Waals surface area contributed by atoms with Crippen LogP contribution in [0.15, 0.2) is 30.3 Å². The number of nitrogens with zero attached hydrogens (tertiary/aromatic N) is 1. The third-order valence-corrected chi connectivity index (χ3v) is 4.16. The van der Waals surface area contributed by atoms with Crippen molar-refractivity contribution < 1.29 is 9.84 Å². The Hall–Kier alpha value is -1.23. The largest absolute Gasteiger partial charge is 0.388 e. The van der Waals surface area contributed by atoms with Gasteiger partial charge in [-0.25, -0.2) is 4.98 Å². The lowest BCUT2D eigenvalue weighted by atomic mass is 10.1. The normalized spacial score (nSPS) is 14.4. The molecule has 1 heterocycles. The molecule has 2 aromatic rings. The first-order valence-electron chi connectivity index (χ1n) is 5.86. The van der Waals surface area contributed by atoms with Gasteiger partial charge in [-0.2, -0.15) is 0 Å². The van der Waals surface area contributed by atoms with E-state index in [4.69, 9.17) is 4.74 Å². The second kappa shape index (κ2) is 5.61. The Morgan fingerprint density at radius 2 is 1.94 bits per heavy atom. The summed E-state index contributed by atoms with van der Waals surface area (Å²) in [4.78, 5) is 5.42. The molecule has 2 atom stereocenters. The number of aliphatic hydroxyl groups excluding tert-OH is 1. The molecule has 2 unspecified atom stereocenters. The predicted octanol–water partition coefficient (Wildman–Crippen LogP) is 3.24. The molecule has 4 heteroatoms. The van der Waals surface area contributed by atoms with Crippen molar-refractivity contribution in [3.05, 3.63) is 51.5 Å². The number of ether oxygens (including phenoxy) is 1. The molecular weight excluding hydrogens is 246 g/mol. The fourth-order valence-electron chi connectivity index (χ4n) is 1.94. The van der Waals surface area contributed by atoms with Gasteiger partial charge in [-0.05, 0) is 19.4 Å². The van der Waals surface area contributed by atoms with Crippen LogP contribution in [0.25, 0.3) is 0 Å². The van der Waals surface area contributed by atoms with E-state index >= 15 is 0 Å². The van der Waals surface area contributed by atoms with Crippen molar-refractivity contribution >= 4 is 11.3 Å². The molecule has 0 aliphatic heterocycles. The number of benzene rings is 1. The maximum absolute atomic E-state index is 9.67. The Labute approximate surface area is 111 Å². The van der Waals surface area contributed by atoms with E-state index in [1.807, 2.05) is 37.3 Å². The summed E-state index contributed by atoms with van der Waals surface area (Å²) < 4.78 is 5.54. The highest BCUT2D eigenvalue weighted by molar-refractivity contribution is 7.11. The van der Waals surface area contributed by atoms with Gasteiger partial charge in [-0.1, -0.05) is 30.3 Å². The molecule has 1 aromatic carbocycles. The minimum atomic E-state index is -0.482. The van der Waals surface area contributed by atoms with Crippen LogP contribution >= 0.6 is 11.3 Å². The second-order valence-corrected chi connectivity index (χ2v) is 5.27. The number of rotatable bonds is 4. The van der Waals surface area contributed by atoms with Gasteiger partial charge in [-0.15, -0.1) is 11.3 Å². The van der Waals surface area contributed by atoms with E-state index in [2.05, 4.69) is 4.98 Å². The molecule has 0 aliphatic carbocycles. The lowest BCUT2D eigenvalue weighted by Crippen LogP contribution is -2.02. The van der Waals surface area contributed by atoms with Crippen LogP contribution in [-0.2, 0) is 4.74 Å². The van der Waals surface area contributed by atoms with Crippen LogP contribution in [-0.4, -0.2) is 17.2 Å². The van der Waals surface area contributed by atoms with E-state index in [1.54, 1.807) is 14.0 Å². The molecule has 0 spiro atoms. The van der Waals surface area contributed by atoms with Crippen LogP contribution < -0.4 is 0 Å². The van der Waals surface area contributed by atoms with Crippen LogP contribution in [0.4, 0.5) is 0 Å². The Kier molecular flexibility index (Phi) is 4.11. The van der Waals surface area contributed by atoms with E-state index in [0.717, 1.165) is 21.1 Å². The maximum Gasteiger partial charge on any atom is 0.134 e. The molecule has 0 amide bonds. The van der Waals surface area contributed by atoms with Crippen molar-refractivity contribution in [2.45, 2.75) is 26.1 Å². The number of hydrogen-bond donors (Lipinski definition) is 1. The summed E-state index contributed by atoms with van der Waals surface area (Å²) in [5.41, 5.74) is 1.95. The SMILES string of the molecule is COC(c1ccccc1)c1nc(C)c(C(C)O)s1. The van der Waals surface area contributed by atoms with Gasteiger partial charge < -0.3 is 9.84 Å². The van der Waals surface area contributed by atoms with E-state index in [1.165, 1.54) is 11.3 Å². The first-order chi connectivity index (χ1) is 8.63. The summed E-state index contributed by atoms with van der Waals surface area (Å²) >= 11 is 1.51. The molecule has 0 fully saturated rings. The van der Waals surface area contributed by atoms with Crippen molar-refractivity contribution in [3.63, 3.8) is 0 Å². The van der Waals surface area contributed by atoms with Gasteiger partial charge in [0.1, 0.15) is 11.1 Å². The zero-order chi connectivity index (χ0) is 13.1. The second-order valence-electron chi connectivity index (χ2n) is 4.20. The lowest BCUT2D eigenvalue weighted by molar-refractivity contribution is 0.136. The van der Waals surface area contributed by atoms with Crippen molar-refractivity contribution in [1.82, 2.24) is 4.98 Å². The standard InChI is InChI=1S/C14H17NO2S/c1-9-13(10(2)16)18-14(15-9)12(17-3)11-7-5-4-6-8-11/h4-8,10,12,16H,1-3H3. The minimum Gasteiger partial charge on any atom is -0.388 e. The molecule has 0 radical (unpaired) electrons. The van der Waals surface area contributed by atoms with Crippen molar-refractivity contribution in [2.75, 3.05) is 7.11 Å². The number of methoxy groups -OCH3 is 1. The van der Waals surface area contributed by atoms with E-state index in [-0.39, 0.29) is 6.10 Å². The van der Waals surface area contributed by atoms with Crippen LogP contribution in [0, 0.1) is 6.92 Å². The predicted molar refractivity (Wildman–Crippen MR) is 72.8 cm³/mol.